The monoisotopic (exact) mass is 463 g/mol. The van der Waals surface area contributed by atoms with Gasteiger partial charge in [0.15, 0.2) is 0 Å². The molecule has 168 valence electrons. The Bertz CT molecular complexity index is 1270. The van der Waals surface area contributed by atoms with Gasteiger partial charge in [0, 0.05) is 11.8 Å². The summed E-state index contributed by atoms with van der Waals surface area (Å²) >= 11 is 6.30. The van der Waals surface area contributed by atoms with Crippen LogP contribution in [0.4, 0.5) is 5.69 Å². The minimum atomic E-state index is -0.835. The molecule has 1 unspecified atom stereocenters. The summed E-state index contributed by atoms with van der Waals surface area (Å²) in [5, 5.41) is 11.6. The lowest BCUT2D eigenvalue weighted by Crippen LogP contribution is -2.30. The summed E-state index contributed by atoms with van der Waals surface area (Å²) in [4.78, 5) is 28.0. The summed E-state index contributed by atoms with van der Waals surface area (Å²) in [7, 11) is 2.89. The molecule has 0 aromatic heterocycles. The Labute approximate surface area is 196 Å². The molecule has 1 atom stereocenters. The highest BCUT2D eigenvalue weighted by Crippen LogP contribution is 2.45. The van der Waals surface area contributed by atoms with Crippen molar-refractivity contribution in [3.05, 3.63) is 94.0 Å². The molecule has 33 heavy (non-hydrogen) atoms. The standard InChI is InChI=1S/C26H22ClNO5/c1-15-9-7-8-12-19(15)28-23(16-10-5-4-6-11-16)22(25(30)26(28)31)24(29)17-13-18(27)21(33-3)14-20(17)32-2/h4-14,23,29H,1-3H3/b24-22+. The molecule has 0 aliphatic carbocycles. The first-order chi connectivity index (χ1) is 15.9. The van der Waals surface area contributed by atoms with Crippen LogP contribution in [0.25, 0.3) is 5.76 Å². The van der Waals surface area contributed by atoms with Crippen molar-refractivity contribution in [1.29, 1.82) is 0 Å². The Morgan fingerprint density at radius 3 is 2.21 bits per heavy atom. The molecule has 1 aliphatic rings. The second kappa shape index (κ2) is 9.00. The van der Waals surface area contributed by atoms with Crippen LogP contribution in [-0.2, 0) is 9.59 Å². The van der Waals surface area contributed by atoms with Crippen LogP contribution >= 0.6 is 11.6 Å². The molecule has 1 saturated heterocycles. The van der Waals surface area contributed by atoms with E-state index in [-0.39, 0.29) is 27.7 Å². The fourth-order valence-corrected chi connectivity index (χ4v) is 4.30. The topological polar surface area (TPSA) is 76.1 Å². The molecule has 1 N–H and O–H groups in total. The van der Waals surface area contributed by atoms with Gasteiger partial charge in [0.05, 0.1) is 36.4 Å². The number of benzene rings is 3. The van der Waals surface area contributed by atoms with Crippen molar-refractivity contribution in [3.63, 3.8) is 0 Å². The highest BCUT2D eigenvalue weighted by molar-refractivity contribution is 6.52. The molecule has 0 bridgehead atoms. The number of methoxy groups -OCH3 is 2. The molecule has 1 heterocycles. The zero-order valence-corrected chi connectivity index (χ0v) is 19.1. The fraction of sp³-hybridized carbons (Fsp3) is 0.154. The number of Topliss-reactive ketones (excluding diaryl/α,β-unsaturated/α-hetero) is 1. The molecule has 7 heteroatoms. The number of amides is 1. The largest absolute Gasteiger partial charge is 0.507 e. The first kappa shape index (κ1) is 22.4. The van der Waals surface area contributed by atoms with E-state index >= 15 is 0 Å². The normalized spacial score (nSPS) is 17.3. The third-order valence-corrected chi connectivity index (χ3v) is 5.96. The minimum Gasteiger partial charge on any atom is -0.507 e. The number of anilines is 1. The quantitative estimate of drug-likeness (QED) is 0.316. The maximum atomic E-state index is 13.3. The summed E-state index contributed by atoms with van der Waals surface area (Å²) in [6.45, 7) is 1.86. The van der Waals surface area contributed by atoms with Crippen LogP contribution in [0.1, 0.15) is 22.7 Å². The third-order valence-electron chi connectivity index (χ3n) is 5.66. The van der Waals surface area contributed by atoms with E-state index in [9.17, 15) is 14.7 Å². The highest BCUT2D eigenvalue weighted by Gasteiger charge is 2.47. The van der Waals surface area contributed by atoms with Crippen molar-refractivity contribution in [2.24, 2.45) is 0 Å². The zero-order chi connectivity index (χ0) is 23.7. The van der Waals surface area contributed by atoms with Crippen LogP contribution in [0.2, 0.25) is 5.02 Å². The lowest BCUT2D eigenvalue weighted by molar-refractivity contribution is -0.132. The Hall–Kier alpha value is -3.77. The lowest BCUT2D eigenvalue weighted by atomic mass is 9.94. The number of hydrogen-bond donors (Lipinski definition) is 1. The second-order valence-electron chi connectivity index (χ2n) is 7.55. The zero-order valence-electron chi connectivity index (χ0n) is 18.3. The number of carbonyl (C=O) groups is 2. The third kappa shape index (κ3) is 3.83. The van der Waals surface area contributed by atoms with Gasteiger partial charge in [-0.2, -0.15) is 0 Å². The number of ether oxygens (including phenoxy) is 2. The van der Waals surface area contributed by atoms with Gasteiger partial charge in [-0.1, -0.05) is 60.1 Å². The van der Waals surface area contributed by atoms with Crippen LogP contribution in [0, 0.1) is 6.92 Å². The van der Waals surface area contributed by atoms with Gasteiger partial charge in [-0.05, 0) is 30.2 Å². The van der Waals surface area contributed by atoms with E-state index in [1.807, 2.05) is 49.4 Å². The van der Waals surface area contributed by atoms with E-state index in [2.05, 4.69) is 0 Å². The molecular weight excluding hydrogens is 442 g/mol. The molecule has 0 saturated carbocycles. The van der Waals surface area contributed by atoms with Crippen molar-refractivity contribution in [3.8, 4) is 11.5 Å². The van der Waals surface area contributed by atoms with E-state index in [0.29, 0.717) is 17.0 Å². The summed E-state index contributed by atoms with van der Waals surface area (Å²) in [5.74, 6) is -1.29. The summed E-state index contributed by atoms with van der Waals surface area (Å²) in [6, 6.07) is 18.5. The number of aryl methyl sites for hydroxylation is 1. The van der Waals surface area contributed by atoms with Crippen molar-refractivity contribution >= 4 is 34.7 Å². The van der Waals surface area contributed by atoms with Gasteiger partial charge in [0.2, 0.25) is 0 Å². The van der Waals surface area contributed by atoms with Gasteiger partial charge in [-0.25, -0.2) is 0 Å². The van der Waals surface area contributed by atoms with E-state index in [1.165, 1.54) is 31.3 Å². The van der Waals surface area contributed by atoms with Crippen LogP contribution in [-0.4, -0.2) is 31.0 Å². The minimum absolute atomic E-state index is 0.0472. The molecule has 1 fully saturated rings. The van der Waals surface area contributed by atoms with Crippen LogP contribution in [0.15, 0.2) is 72.3 Å². The first-order valence-electron chi connectivity index (χ1n) is 10.2. The highest BCUT2D eigenvalue weighted by atomic mass is 35.5. The average molecular weight is 464 g/mol. The SMILES string of the molecule is COc1cc(OC)c(/C(O)=C2\C(=O)C(=O)N(c3ccccc3C)C2c2ccccc2)cc1Cl. The molecular formula is C26H22ClNO5. The van der Waals surface area contributed by atoms with Crippen molar-refractivity contribution in [2.75, 3.05) is 19.1 Å². The Morgan fingerprint density at radius 2 is 1.58 bits per heavy atom. The van der Waals surface area contributed by atoms with Crippen molar-refractivity contribution in [2.45, 2.75) is 13.0 Å². The maximum Gasteiger partial charge on any atom is 0.300 e. The van der Waals surface area contributed by atoms with E-state index in [0.717, 1.165) is 5.56 Å². The van der Waals surface area contributed by atoms with Crippen LogP contribution in [0.5, 0.6) is 11.5 Å². The number of carbonyl (C=O) groups excluding carboxylic acids is 2. The predicted octanol–water partition coefficient (Wildman–Crippen LogP) is 5.29. The summed E-state index contributed by atoms with van der Waals surface area (Å²) in [5.41, 5.74) is 2.23. The molecule has 6 nitrogen and oxygen atoms in total. The molecule has 3 aromatic rings. The second-order valence-corrected chi connectivity index (χ2v) is 7.96. The molecule has 1 amide bonds. The summed E-state index contributed by atoms with van der Waals surface area (Å²) < 4.78 is 10.6. The fourth-order valence-electron chi connectivity index (χ4n) is 4.06. The number of aliphatic hydroxyl groups is 1. The Morgan fingerprint density at radius 1 is 0.939 bits per heavy atom. The van der Waals surface area contributed by atoms with Gasteiger partial charge < -0.3 is 14.6 Å². The van der Waals surface area contributed by atoms with E-state index < -0.39 is 17.7 Å². The maximum absolute atomic E-state index is 13.3. The number of para-hydroxylation sites is 1. The van der Waals surface area contributed by atoms with Crippen LogP contribution < -0.4 is 14.4 Å². The number of halogens is 1. The number of rotatable bonds is 5. The number of nitrogens with zero attached hydrogens (tertiary/aromatic N) is 1. The van der Waals surface area contributed by atoms with Gasteiger partial charge in [0.1, 0.15) is 17.3 Å². The number of ketones is 1. The van der Waals surface area contributed by atoms with Gasteiger partial charge in [-0.15, -0.1) is 0 Å². The van der Waals surface area contributed by atoms with Crippen molar-refractivity contribution < 1.29 is 24.2 Å². The van der Waals surface area contributed by atoms with E-state index in [4.69, 9.17) is 21.1 Å². The molecule has 3 aromatic carbocycles. The lowest BCUT2D eigenvalue weighted by Gasteiger charge is -2.27. The van der Waals surface area contributed by atoms with Gasteiger partial charge in [-0.3, -0.25) is 14.5 Å². The smallest absolute Gasteiger partial charge is 0.300 e. The number of aliphatic hydroxyl groups excluding tert-OH is 1. The summed E-state index contributed by atoms with van der Waals surface area (Å²) in [6.07, 6.45) is 0. The van der Waals surface area contributed by atoms with Gasteiger partial charge in [0.25, 0.3) is 11.7 Å². The van der Waals surface area contributed by atoms with Gasteiger partial charge >= 0.3 is 0 Å². The van der Waals surface area contributed by atoms with E-state index in [1.54, 1.807) is 12.1 Å². The first-order valence-corrected chi connectivity index (χ1v) is 10.6. The average Bonchev–Trinajstić information content (AvgIpc) is 3.09. The van der Waals surface area contributed by atoms with Crippen molar-refractivity contribution in [1.82, 2.24) is 0 Å². The predicted molar refractivity (Wildman–Crippen MR) is 127 cm³/mol. The molecule has 0 spiro atoms. The molecule has 1 aliphatic heterocycles. The molecule has 0 radical (unpaired) electrons. The number of hydrogen-bond acceptors (Lipinski definition) is 5. The molecule has 4 rings (SSSR count). The van der Waals surface area contributed by atoms with Crippen LogP contribution in [0.3, 0.4) is 0 Å². The Balaban J connectivity index is 2.00. The Kier molecular flexibility index (Phi) is 6.11.